The van der Waals surface area contributed by atoms with Crippen molar-refractivity contribution in [3.05, 3.63) is 36.4 Å². The molecule has 0 atom stereocenters. The van der Waals surface area contributed by atoms with E-state index < -0.39 is 0 Å². The Morgan fingerprint density at radius 1 is 1.14 bits per heavy atom. The summed E-state index contributed by atoms with van der Waals surface area (Å²) < 4.78 is 10.9. The Morgan fingerprint density at radius 3 is 2.00 bits per heavy atom. The van der Waals surface area contributed by atoms with Gasteiger partial charge in [0, 0.05) is 0 Å². The predicted octanol–water partition coefficient (Wildman–Crippen LogP) is 2.82. The fourth-order valence-corrected chi connectivity index (χ4v) is 1.24. The van der Waals surface area contributed by atoms with E-state index in [1.54, 1.807) is 0 Å². The van der Waals surface area contributed by atoms with Crippen LogP contribution in [0.15, 0.2) is 24.8 Å². The van der Waals surface area contributed by atoms with E-state index in [1.165, 1.54) is 0 Å². The Bertz CT molecular complexity index is 281. The highest BCUT2D eigenvalue weighted by Gasteiger charge is 2.06. The molecule has 0 saturated carbocycles. The second-order valence-electron chi connectivity index (χ2n) is 2.67. The average Bonchev–Trinajstić information content (AvgIpc) is 2.19. The second kappa shape index (κ2) is 5.32. The van der Waals surface area contributed by atoms with Gasteiger partial charge in [0.2, 0.25) is 0 Å². The largest absolute Gasteiger partial charge is 0.493 e. The van der Waals surface area contributed by atoms with Gasteiger partial charge in [0.05, 0.1) is 18.8 Å². The van der Waals surface area contributed by atoms with Crippen LogP contribution in [-0.4, -0.2) is 13.2 Å². The highest BCUT2D eigenvalue weighted by atomic mass is 16.5. The monoisotopic (exact) mass is 191 g/mol. The maximum Gasteiger partial charge on any atom is 0.130 e. The Morgan fingerprint density at radius 2 is 1.64 bits per heavy atom. The fourth-order valence-electron chi connectivity index (χ4n) is 1.24. The molecular weight excluding hydrogens is 176 g/mol. The summed E-state index contributed by atoms with van der Waals surface area (Å²) in [6.45, 7) is 8.78. The molecule has 0 saturated heterocycles. The number of hydrogen-bond acceptors (Lipinski definition) is 2. The third kappa shape index (κ3) is 2.28. The molecule has 0 amide bonds. The van der Waals surface area contributed by atoms with E-state index in [-0.39, 0.29) is 0 Å². The first-order valence-electron chi connectivity index (χ1n) is 4.75. The summed E-state index contributed by atoms with van der Waals surface area (Å²) >= 11 is 0. The zero-order chi connectivity index (χ0) is 10.4. The minimum atomic E-state index is 0.629. The van der Waals surface area contributed by atoms with Crippen LogP contribution in [0.5, 0.6) is 11.5 Å². The van der Waals surface area contributed by atoms with Crippen LogP contribution in [0.1, 0.15) is 19.4 Å². The molecule has 1 rings (SSSR count). The van der Waals surface area contributed by atoms with Gasteiger partial charge >= 0.3 is 0 Å². The number of benzene rings is 1. The maximum absolute atomic E-state index is 5.43. The number of ether oxygens (including phenoxy) is 2. The van der Waals surface area contributed by atoms with Gasteiger partial charge in [-0.1, -0.05) is 12.6 Å². The van der Waals surface area contributed by atoms with Crippen LogP contribution in [0.3, 0.4) is 0 Å². The highest BCUT2D eigenvalue weighted by Crippen LogP contribution is 2.28. The van der Waals surface area contributed by atoms with Crippen LogP contribution in [0.4, 0.5) is 0 Å². The van der Waals surface area contributed by atoms with Crippen LogP contribution in [0.25, 0.3) is 0 Å². The molecule has 0 spiro atoms. The quantitative estimate of drug-likeness (QED) is 0.712. The highest BCUT2D eigenvalue weighted by molar-refractivity contribution is 5.48. The zero-order valence-corrected chi connectivity index (χ0v) is 8.67. The number of hydrogen-bond donors (Lipinski definition) is 0. The Kier molecular flexibility index (Phi) is 4.05. The van der Waals surface area contributed by atoms with Gasteiger partial charge in [-0.2, -0.15) is 0 Å². The lowest BCUT2D eigenvalue weighted by atomic mass is 10.2. The van der Waals surface area contributed by atoms with E-state index in [1.807, 2.05) is 32.0 Å². The van der Waals surface area contributed by atoms with Gasteiger partial charge < -0.3 is 9.47 Å². The number of rotatable bonds is 5. The van der Waals surface area contributed by atoms with Crippen LogP contribution in [0, 0.1) is 6.08 Å². The molecule has 75 valence electrons. The molecule has 0 unspecified atom stereocenters. The first-order valence-corrected chi connectivity index (χ1v) is 4.75. The summed E-state index contributed by atoms with van der Waals surface area (Å²) in [5.74, 6) is 1.54. The van der Waals surface area contributed by atoms with Gasteiger partial charge in [-0.25, -0.2) is 0 Å². The Balaban J connectivity index is 3.04. The van der Waals surface area contributed by atoms with E-state index in [0.717, 1.165) is 17.1 Å². The molecule has 0 fully saturated rings. The third-order valence-electron chi connectivity index (χ3n) is 1.76. The van der Waals surface area contributed by atoms with Gasteiger partial charge in [0.1, 0.15) is 11.5 Å². The lowest BCUT2D eigenvalue weighted by Gasteiger charge is -2.11. The fraction of sp³-hybridized carbons (Fsp3) is 0.333. The first-order chi connectivity index (χ1) is 6.83. The van der Waals surface area contributed by atoms with Crippen molar-refractivity contribution in [3.63, 3.8) is 0 Å². The van der Waals surface area contributed by atoms with Crippen molar-refractivity contribution in [2.24, 2.45) is 0 Å². The van der Waals surface area contributed by atoms with Crippen molar-refractivity contribution in [1.82, 2.24) is 0 Å². The molecule has 0 bridgehead atoms. The smallest absolute Gasteiger partial charge is 0.130 e. The summed E-state index contributed by atoms with van der Waals surface area (Å²) in [6, 6.07) is 5.68. The molecule has 2 nitrogen and oxygen atoms in total. The average molecular weight is 191 g/mol. The minimum Gasteiger partial charge on any atom is -0.493 e. The predicted molar refractivity (Wildman–Crippen MR) is 56.8 cm³/mol. The Labute approximate surface area is 85.2 Å². The molecule has 0 aliphatic carbocycles. The van der Waals surface area contributed by atoms with Gasteiger partial charge in [0.15, 0.2) is 0 Å². The minimum absolute atomic E-state index is 0.629. The van der Waals surface area contributed by atoms with Crippen molar-refractivity contribution in [2.75, 3.05) is 13.2 Å². The molecule has 1 aromatic carbocycles. The van der Waals surface area contributed by atoms with Crippen LogP contribution >= 0.6 is 0 Å². The topological polar surface area (TPSA) is 18.5 Å². The van der Waals surface area contributed by atoms with Crippen molar-refractivity contribution in [3.8, 4) is 11.5 Å². The van der Waals surface area contributed by atoms with Crippen LogP contribution in [-0.2, 0) is 0 Å². The van der Waals surface area contributed by atoms with Gasteiger partial charge in [0.25, 0.3) is 0 Å². The lowest BCUT2D eigenvalue weighted by Crippen LogP contribution is -1.98. The third-order valence-corrected chi connectivity index (χ3v) is 1.76. The van der Waals surface area contributed by atoms with Crippen LogP contribution < -0.4 is 9.47 Å². The molecule has 1 radical (unpaired) electrons. The molecule has 2 heteroatoms. The molecule has 0 N–H and O–H groups in total. The van der Waals surface area contributed by atoms with Crippen molar-refractivity contribution < 1.29 is 9.47 Å². The second-order valence-corrected chi connectivity index (χ2v) is 2.67. The molecule has 14 heavy (non-hydrogen) atoms. The summed E-state index contributed by atoms with van der Waals surface area (Å²) in [5.41, 5.74) is 0.802. The van der Waals surface area contributed by atoms with Crippen molar-refractivity contribution in [2.45, 2.75) is 13.8 Å². The van der Waals surface area contributed by atoms with Gasteiger partial charge in [-0.15, -0.1) is 0 Å². The summed E-state index contributed by atoms with van der Waals surface area (Å²) in [5, 5.41) is 0. The molecular formula is C12H15O2. The normalized spacial score (nSPS) is 9.57. The Hall–Kier alpha value is -1.44. The van der Waals surface area contributed by atoms with E-state index in [4.69, 9.17) is 9.47 Å². The van der Waals surface area contributed by atoms with Crippen molar-refractivity contribution >= 4 is 0 Å². The SMILES string of the molecule is C=[C]c1c(OCC)cccc1OCC. The molecule has 1 aromatic rings. The molecule has 0 aliphatic heterocycles. The summed E-state index contributed by atoms with van der Waals surface area (Å²) in [7, 11) is 0. The van der Waals surface area contributed by atoms with Crippen LogP contribution in [0.2, 0.25) is 0 Å². The summed E-state index contributed by atoms with van der Waals surface area (Å²) in [6.07, 6.45) is 2.83. The standard InChI is InChI=1S/C12H15O2/c1-4-10-11(13-5-2)8-7-9-12(10)14-6-3/h7-9H,1,5-6H2,2-3H3. The van der Waals surface area contributed by atoms with E-state index in [0.29, 0.717) is 13.2 Å². The lowest BCUT2D eigenvalue weighted by molar-refractivity contribution is 0.320. The zero-order valence-electron chi connectivity index (χ0n) is 8.67. The van der Waals surface area contributed by atoms with Gasteiger partial charge in [-0.3, -0.25) is 0 Å². The van der Waals surface area contributed by atoms with E-state index >= 15 is 0 Å². The maximum atomic E-state index is 5.43. The van der Waals surface area contributed by atoms with E-state index in [9.17, 15) is 0 Å². The van der Waals surface area contributed by atoms with Gasteiger partial charge in [-0.05, 0) is 32.1 Å². The molecule has 0 heterocycles. The first kappa shape index (κ1) is 10.6. The van der Waals surface area contributed by atoms with E-state index in [2.05, 4.69) is 12.7 Å². The van der Waals surface area contributed by atoms with Crippen molar-refractivity contribution in [1.29, 1.82) is 0 Å². The summed E-state index contributed by atoms with van der Waals surface area (Å²) in [4.78, 5) is 0. The molecule has 0 aliphatic rings. The molecule has 0 aromatic heterocycles.